The molecule has 3 aliphatic rings. The Morgan fingerprint density at radius 1 is 1.22 bits per heavy atom. The number of sulfonamides is 1. The van der Waals surface area contributed by atoms with Gasteiger partial charge in [0.15, 0.2) is 0 Å². The summed E-state index contributed by atoms with van der Waals surface area (Å²) >= 11 is 6.34. The molecule has 1 aromatic rings. The number of carbonyl (C=O) groups is 2. The number of ether oxygens (including phenoxy) is 1. The maximum absolute atomic E-state index is 13.4. The lowest BCUT2D eigenvalue weighted by Gasteiger charge is -2.41. The number of rotatable bonds is 6. The van der Waals surface area contributed by atoms with E-state index in [1.165, 1.54) is 11.4 Å². The van der Waals surface area contributed by atoms with Gasteiger partial charge in [-0.1, -0.05) is 43.6 Å². The molecule has 0 amide bonds. The summed E-state index contributed by atoms with van der Waals surface area (Å²) in [6.07, 6.45) is 2.06. The zero-order valence-corrected chi connectivity index (χ0v) is 20.4. The molecule has 0 aromatic heterocycles. The van der Waals surface area contributed by atoms with Crippen LogP contribution in [0.4, 0.5) is 0 Å². The Balaban J connectivity index is 1.50. The smallest absolute Gasteiger partial charge is 0.327 e. The first kappa shape index (κ1) is 23.7. The van der Waals surface area contributed by atoms with Crippen LogP contribution in [-0.2, 0) is 24.3 Å². The average molecular weight is 483 g/mol. The lowest BCUT2D eigenvalue weighted by atomic mass is 9.70. The quantitative estimate of drug-likeness (QED) is 0.580. The predicted octanol–water partition coefficient (Wildman–Crippen LogP) is 2.90. The predicted molar refractivity (Wildman–Crippen MR) is 122 cm³/mol. The fourth-order valence-electron chi connectivity index (χ4n) is 6.03. The summed E-state index contributed by atoms with van der Waals surface area (Å²) < 4.78 is 33.3. The van der Waals surface area contributed by atoms with Gasteiger partial charge in [0.1, 0.15) is 11.8 Å². The third-order valence-corrected chi connectivity index (χ3v) is 10.6. The van der Waals surface area contributed by atoms with Gasteiger partial charge in [0.25, 0.3) is 0 Å². The van der Waals surface area contributed by atoms with Gasteiger partial charge < -0.3 is 4.74 Å². The summed E-state index contributed by atoms with van der Waals surface area (Å²) in [7, 11) is -2.28. The van der Waals surface area contributed by atoms with E-state index in [9.17, 15) is 18.0 Å². The molecule has 0 N–H and O–H groups in total. The van der Waals surface area contributed by atoms with Gasteiger partial charge in [-0.25, -0.2) is 13.2 Å². The second kappa shape index (κ2) is 8.38. The van der Waals surface area contributed by atoms with Crippen molar-refractivity contribution < 1.29 is 22.7 Å². The van der Waals surface area contributed by atoms with Crippen LogP contribution in [0.3, 0.4) is 0 Å². The summed E-state index contributed by atoms with van der Waals surface area (Å²) in [5, 5.41) is 0.467. The fraction of sp³-hybridized carbons (Fsp3) is 0.652. The number of methoxy groups -OCH3 is 1. The number of fused-ring (bicyclic) bond motifs is 2. The Morgan fingerprint density at radius 2 is 1.88 bits per heavy atom. The van der Waals surface area contributed by atoms with Crippen LogP contribution in [-0.4, -0.2) is 68.4 Å². The van der Waals surface area contributed by atoms with Crippen LogP contribution in [0.2, 0.25) is 5.02 Å². The van der Waals surface area contributed by atoms with Crippen LogP contribution >= 0.6 is 11.6 Å². The molecule has 1 heterocycles. The third kappa shape index (κ3) is 3.69. The van der Waals surface area contributed by atoms with Crippen molar-refractivity contribution in [3.8, 4) is 0 Å². The van der Waals surface area contributed by atoms with Gasteiger partial charge in [-0.05, 0) is 35.8 Å². The van der Waals surface area contributed by atoms with Crippen molar-refractivity contribution in [2.45, 2.75) is 39.2 Å². The number of hydrogen-bond acceptors (Lipinski definition) is 6. The first-order valence-electron chi connectivity index (χ1n) is 11.1. The summed E-state index contributed by atoms with van der Waals surface area (Å²) in [6.45, 7) is 5.36. The molecule has 2 aliphatic carbocycles. The Morgan fingerprint density at radius 3 is 2.41 bits per heavy atom. The lowest BCUT2D eigenvalue weighted by Crippen LogP contribution is -2.54. The van der Waals surface area contributed by atoms with E-state index < -0.39 is 27.4 Å². The second-order valence-corrected chi connectivity index (χ2v) is 12.2. The number of benzene rings is 1. The van der Waals surface area contributed by atoms with E-state index in [0.29, 0.717) is 36.5 Å². The Hall–Kier alpha value is -1.48. The normalized spacial score (nSPS) is 29.2. The highest BCUT2D eigenvalue weighted by atomic mass is 35.5. The zero-order valence-electron chi connectivity index (χ0n) is 18.8. The maximum Gasteiger partial charge on any atom is 0.327 e. The molecular weight excluding hydrogens is 452 g/mol. The molecule has 2 bridgehead atoms. The maximum atomic E-state index is 13.4. The van der Waals surface area contributed by atoms with Crippen molar-refractivity contribution in [3.05, 3.63) is 34.9 Å². The summed E-state index contributed by atoms with van der Waals surface area (Å²) in [5.74, 6) is -0.166. The van der Waals surface area contributed by atoms with Crippen molar-refractivity contribution in [2.75, 3.05) is 39.0 Å². The minimum absolute atomic E-state index is 0.102. The van der Waals surface area contributed by atoms with Gasteiger partial charge in [-0.15, -0.1) is 0 Å². The minimum Gasteiger partial charge on any atom is -0.468 e. The van der Waals surface area contributed by atoms with Crippen molar-refractivity contribution in [1.82, 2.24) is 9.21 Å². The molecule has 2 saturated carbocycles. The van der Waals surface area contributed by atoms with E-state index >= 15 is 0 Å². The molecular formula is C23H31ClN2O5S. The molecule has 1 aliphatic heterocycles. The number of nitrogens with zero attached hydrogens (tertiary/aromatic N) is 2. The molecule has 7 nitrogen and oxygen atoms in total. The number of Topliss-reactive ketones (excluding diaryl/α,β-unsaturated/α-hetero) is 1. The van der Waals surface area contributed by atoms with Gasteiger partial charge in [-0.3, -0.25) is 9.69 Å². The SMILES string of the molecule is COC(=O)C(c1ccccc1Cl)N1CCN(S(=O)(=O)CC23CCC(CC2=O)C3(C)C)CC1. The van der Waals surface area contributed by atoms with Gasteiger partial charge >= 0.3 is 5.97 Å². The Bertz CT molecular complexity index is 1020. The van der Waals surface area contributed by atoms with Crippen LogP contribution < -0.4 is 0 Å². The van der Waals surface area contributed by atoms with Crippen LogP contribution in [0.1, 0.15) is 44.7 Å². The Labute approximate surface area is 195 Å². The molecule has 32 heavy (non-hydrogen) atoms. The summed E-state index contributed by atoms with van der Waals surface area (Å²) in [4.78, 5) is 27.3. The molecule has 4 rings (SSSR count). The van der Waals surface area contributed by atoms with E-state index in [1.807, 2.05) is 24.8 Å². The molecule has 1 aromatic carbocycles. The van der Waals surface area contributed by atoms with Crippen LogP contribution in [0.25, 0.3) is 0 Å². The standard InChI is InChI=1S/C23H31ClN2O5S/c1-22(2)16-8-9-23(22,19(27)14-16)15-32(29,30)26-12-10-25(11-13-26)20(21(28)31-3)17-6-4-5-7-18(17)24/h4-7,16,20H,8-15H2,1-3H3. The number of hydrogen-bond donors (Lipinski definition) is 0. The largest absolute Gasteiger partial charge is 0.468 e. The molecule has 0 radical (unpaired) electrons. The first-order valence-corrected chi connectivity index (χ1v) is 13.1. The second-order valence-electron chi connectivity index (χ2n) is 9.81. The molecule has 3 unspecified atom stereocenters. The molecule has 9 heteroatoms. The van der Waals surface area contributed by atoms with Crippen molar-refractivity contribution in [3.63, 3.8) is 0 Å². The number of esters is 1. The van der Waals surface area contributed by atoms with E-state index in [4.69, 9.17) is 16.3 Å². The van der Waals surface area contributed by atoms with E-state index in [2.05, 4.69) is 0 Å². The average Bonchev–Trinajstić information content (AvgIpc) is 3.09. The van der Waals surface area contributed by atoms with Crippen molar-refractivity contribution in [1.29, 1.82) is 0 Å². The first-order chi connectivity index (χ1) is 15.0. The number of halogens is 1. The van der Waals surface area contributed by atoms with Crippen LogP contribution in [0.15, 0.2) is 24.3 Å². The van der Waals surface area contributed by atoms with E-state index in [0.717, 1.165) is 6.42 Å². The number of piperazine rings is 1. The fourth-order valence-corrected chi connectivity index (χ4v) is 8.47. The van der Waals surface area contributed by atoms with Gasteiger partial charge in [0.05, 0.1) is 12.9 Å². The number of ketones is 1. The van der Waals surface area contributed by atoms with E-state index in [1.54, 1.807) is 18.2 Å². The number of carbonyl (C=O) groups excluding carboxylic acids is 2. The van der Waals surface area contributed by atoms with Crippen molar-refractivity contribution >= 4 is 33.4 Å². The highest BCUT2D eigenvalue weighted by Gasteiger charge is 2.65. The zero-order chi connectivity index (χ0) is 23.3. The van der Waals surface area contributed by atoms with E-state index in [-0.39, 0.29) is 36.0 Å². The van der Waals surface area contributed by atoms with Gasteiger partial charge in [0.2, 0.25) is 10.0 Å². The summed E-state index contributed by atoms with van der Waals surface area (Å²) in [6, 6.07) is 6.43. The lowest BCUT2D eigenvalue weighted by molar-refractivity contribution is -0.147. The molecule has 176 valence electrons. The van der Waals surface area contributed by atoms with Gasteiger partial charge in [0, 0.05) is 43.0 Å². The molecule has 0 spiro atoms. The molecule has 3 fully saturated rings. The minimum atomic E-state index is -3.62. The highest BCUT2D eigenvalue weighted by Crippen LogP contribution is 2.64. The van der Waals surface area contributed by atoms with Crippen LogP contribution in [0.5, 0.6) is 0 Å². The third-order valence-electron chi connectivity index (χ3n) is 8.22. The van der Waals surface area contributed by atoms with Crippen LogP contribution in [0, 0.1) is 16.7 Å². The van der Waals surface area contributed by atoms with Gasteiger partial charge in [-0.2, -0.15) is 4.31 Å². The Kier molecular flexibility index (Phi) is 6.20. The van der Waals surface area contributed by atoms with Crippen molar-refractivity contribution in [2.24, 2.45) is 16.7 Å². The molecule has 1 saturated heterocycles. The topological polar surface area (TPSA) is 84.0 Å². The highest BCUT2D eigenvalue weighted by molar-refractivity contribution is 7.89. The monoisotopic (exact) mass is 482 g/mol. The summed E-state index contributed by atoms with van der Waals surface area (Å²) in [5.41, 5.74) is -0.426. The molecule has 3 atom stereocenters.